The molecule has 5 nitrogen and oxygen atoms in total. The van der Waals surface area contributed by atoms with Gasteiger partial charge < -0.3 is 5.32 Å². The quantitative estimate of drug-likeness (QED) is 0.518. The molecule has 0 radical (unpaired) electrons. The number of nitrogens with one attached hydrogen (secondary N) is 1. The molecule has 0 saturated carbocycles. The zero-order valence-corrected chi connectivity index (χ0v) is 9.10. The van der Waals surface area contributed by atoms with Crippen LogP contribution in [0.25, 0.3) is 0 Å². The molecule has 0 aromatic carbocycles. The molecule has 0 unspecified atom stereocenters. The lowest BCUT2D eigenvalue weighted by Gasteiger charge is -2.20. The van der Waals surface area contributed by atoms with Crippen LogP contribution < -0.4 is 5.32 Å². The zero-order chi connectivity index (χ0) is 11.4. The molecule has 2 N–H and O–H groups in total. The van der Waals surface area contributed by atoms with Crippen molar-refractivity contribution in [3.05, 3.63) is 12.7 Å². The Morgan fingerprint density at radius 2 is 2.07 bits per heavy atom. The largest absolute Gasteiger partial charge is 0.353 e. The Morgan fingerprint density at radius 1 is 1.57 bits per heavy atom. The average Bonchev–Trinajstić information content (AvgIpc) is 2.01. The van der Waals surface area contributed by atoms with Gasteiger partial charge in [0.25, 0.3) is 10.1 Å². The van der Waals surface area contributed by atoms with Gasteiger partial charge in [0.05, 0.1) is 4.75 Å². The number of hydrogen-bond donors (Lipinski definition) is 2. The minimum atomic E-state index is -4.08. The Bertz CT molecular complexity index is 318. The first-order valence-corrected chi connectivity index (χ1v) is 5.52. The van der Waals surface area contributed by atoms with Gasteiger partial charge in [0.1, 0.15) is 0 Å². The van der Waals surface area contributed by atoms with Crippen molar-refractivity contribution in [3.63, 3.8) is 0 Å². The van der Waals surface area contributed by atoms with E-state index in [1.54, 1.807) is 0 Å². The predicted molar refractivity (Wildman–Crippen MR) is 53.5 cm³/mol. The summed E-state index contributed by atoms with van der Waals surface area (Å²) in [5.74, 6) is -0.365. The topological polar surface area (TPSA) is 83.5 Å². The van der Waals surface area contributed by atoms with E-state index in [9.17, 15) is 13.2 Å². The van der Waals surface area contributed by atoms with Crippen LogP contribution in [0.1, 0.15) is 20.3 Å². The number of rotatable bonds is 5. The molecule has 0 aromatic rings. The van der Waals surface area contributed by atoms with E-state index in [1.807, 2.05) is 0 Å². The molecule has 0 saturated heterocycles. The third kappa shape index (κ3) is 3.89. The second-order valence-electron chi connectivity index (χ2n) is 3.48. The van der Waals surface area contributed by atoms with E-state index >= 15 is 0 Å². The summed E-state index contributed by atoms with van der Waals surface area (Å²) in [7, 11) is -4.08. The van der Waals surface area contributed by atoms with Gasteiger partial charge in [-0.15, -0.1) is 0 Å². The van der Waals surface area contributed by atoms with Crippen molar-refractivity contribution in [1.82, 2.24) is 5.32 Å². The van der Waals surface area contributed by atoms with Crippen LogP contribution in [0.3, 0.4) is 0 Å². The van der Waals surface area contributed by atoms with Crippen LogP contribution in [0.4, 0.5) is 0 Å². The second-order valence-corrected chi connectivity index (χ2v) is 5.54. The van der Waals surface area contributed by atoms with Crippen LogP contribution in [0.5, 0.6) is 0 Å². The van der Waals surface area contributed by atoms with Crippen molar-refractivity contribution in [3.8, 4) is 0 Å². The highest BCUT2D eigenvalue weighted by molar-refractivity contribution is 7.87. The third-order valence-electron chi connectivity index (χ3n) is 1.91. The van der Waals surface area contributed by atoms with E-state index in [4.69, 9.17) is 4.55 Å². The Hall–Kier alpha value is -0.880. The van der Waals surface area contributed by atoms with Crippen LogP contribution in [-0.4, -0.2) is 30.2 Å². The third-order valence-corrected chi connectivity index (χ3v) is 3.51. The number of carbonyl (C=O) groups is 1. The highest BCUT2D eigenvalue weighted by Gasteiger charge is 2.31. The first kappa shape index (κ1) is 13.1. The highest BCUT2D eigenvalue weighted by atomic mass is 32.2. The van der Waals surface area contributed by atoms with Gasteiger partial charge in [0, 0.05) is 6.54 Å². The van der Waals surface area contributed by atoms with Crippen LogP contribution in [0, 0.1) is 0 Å². The predicted octanol–water partition coefficient (Wildman–Crippen LogP) is 0.345. The van der Waals surface area contributed by atoms with E-state index < -0.39 is 14.9 Å². The molecule has 0 aliphatic carbocycles. The monoisotopic (exact) mass is 221 g/mol. The summed E-state index contributed by atoms with van der Waals surface area (Å²) in [5, 5.41) is 2.43. The average molecular weight is 221 g/mol. The molecule has 0 heterocycles. The lowest BCUT2D eigenvalue weighted by molar-refractivity contribution is -0.116. The van der Waals surface area contributed by atoms with E-state index in [0.29, 0.717) is 0 Å². The van der Waals surface area contributed by atoms with E-state index in [1.165, 1.54) is 13.8 Å². The van der Waals surface area contributed by atoms with Gasteiger partial charge in [0.2, 0.25) is 5.91 Å². The van der Waals surface area contributed by atoms with Crippen molar-refractivity contribution < 1.29 is 17.8 Å². The molecular weight excluding hydrogens is 206 g/mol. The Balaban J connectivity index is 4.14. The van der Waals surface area contributed by atoms with Gasteiger partial charge in [-0.3, -0.25) is 9.35 Å². The van der Waals surface area contributed by atoms with Gasteiger partial charge >= 0.3 is 0 Å². The van der Waals surface area contributed by atoms with Crippen molar-refractivity contribution in [1.29, 1.82) is 0 Å². The summed E-state index contributed by atoms with van der Waals surface area (Å²) in [4.78, 5) is 10.7. The van der Waals surface area contributed by atoms with Crippen LogP contribution in [0.2, 0.25) is 0 Å². The van der Waals surface area contributed by atoms with Crippen molar-refractivity contribution >= 4 is 16.0 Å². The summed E-state index contributed by atoms with van der Waals surface area (Å²) >= 11 is 0. The standard InChI is InChI=1S/C8H15NO4S/c1-4-7(10)9-6-5-8(2,3)14(11,12)13/h4H,1,5-6H2,2-3H3,(H,9,10)(H,11,12,13). The summed E-state index contributed by atoms with van der Waals surface area (Å²) in [6.07, 6.45) is 1.24. The molecule has 0 aliphatic heterocycles. The number of hydrogen-bond acceptors (Lipinski definition) is 3. The maximum Gasteiger partial charge on any atom is 0.270 e. The van der Waals surface area contributed by atoms with Gasteiger partial charge in [-0.25, -0.2) is 0 Å². The van der Waals surface area contributed by atoms with Crippen molar-refractivity contribution in [2.24, 2.45) is 0 Å². The maximum atomic E-state index is 10.8. The SMILES string of the molecule is C=CC(=O)NCCC(C)(C)S(=O)(=O)O. The van der Waals surface area contributed by atoms with Crippen LogP contribution >= 0.6 is 0 Å². The first-order chi connectivity index (χ1) is 6.20. The van der Waals surface area contributed by atoms with Crippen LogP contribution in [0.15, 0.2) is 12.7 Å². The fourth-order valence-corrected chi connectivity index (χ4v) is 1.05. The van der Waals surface area contributed by atoms with E-state index in [-0.39, 0.29) is 18.9 Å². The molecule has 1 amide bonds. The Labute approximate surface area is 83.9 Å². The molecule has 0 fully saturated rings. The molecule has 14 heavy (non-hydrogen) atoms. The Kier molecular flexibility index (Phi) is 4.28. The smallest absolute Gasteiger partial charge is 0.270 e. The zero-order valence-electron chi connectivity index (χ0n) is 8.28. The molecule has 6 heteroatoms. The van der Waals surface area contributed by atoms with E-state index in [2.05, 4.69) is 11.9 Å². The molecule has 0 rings (SSSR count). The molecule has 82 valence electrons. The summed E-state index contributed by atoms with van der Waals surface area (Å²) < 4.78 is 29.2. The number of carbonyl (C=O) groups excluding carboxylic acids is 1. The Morgan fingerprint density at radius 3 is 2.43 bits per heavy atom. The van der Waals surface area contributed by atoms with Crippen LogP contribution in [-0.2, 0) is 14.9 Å². The lowest BCUT2D eigenvalue weighted by atomic mass is 10.1. The summed E-state index contributed by atoms with van der Waals surface area (Å²) in [6.45, 7) is 6.21. The highest BCUT2D eigenvalue weighted by Crippen LogP contribution is 2.18. The fraction of sp³-hybridized carbons (Fsp3) is 0.625. The maximum absolute atomic E-state index is 10.8. The molecule has 0 aromatic heterocycles. The summed E-state index contributed by atoms with van der Waals surface area (Å²) in [6, 6.07) is 0. The molecule has 0 spiro atoms. The minimum Gasteiger partial charge on any atom is -0.353 e. The molecule has 0 bridgehead atoms. The second kappa shape index (κ2) is 4.56. The van der Waals surface area contributed by atoms with Crippen molar-refractivity contribution in [2.75, 3.05) is 6.54 Å². The molecule has 0 aliphatic rings. The molecular formula is C8H15NO4S. The first-order valence-electron chi connectivity index (χ1n) is 4.08. The fourth-order valence-electron chi connectivity index (χ4n) is 0.688. The minimum absolute atomic E-state index is 0.144. The van der Waals surface area contributed by atoms with Gasteiger partial charge in [0.15, 0.2) is 0 Å². The van der Waals surface area contributed by atoms with E-state index in [0.717, 1.165) is 6.08 Å². The van der Waals surface area contributed by atoms with Gasteiger partial charge in [-0.05, 0) is 26.3 Å². The number of amides is 1. The lowest BCUT2D eigenvalue weighted by Crippen LogP contribution is -2.36. The van der Waals surface area contributed by atoms with Gasteiger partial charge in [-0.2, -0.15) is 8.42 Å². The van der Waals surface area contributed by atoms with Gasteiger partial charge in [-0.1, -0.05) is 6.58 Å². The van der Waals surface area contributed by atoms with Crippen molar-refractivity contribution in [2.45, 2.75) is 25.0 Å². The normalized spacial score (nSPS) is 12.2. The summed E-state index contributed by atoms with van der Waals surface area (Å²) in [5.41, 5.74) is 0. The molecule has 0 atom stereocenters.